The van der Waals surface area contributed by atoms with Gasteiger partial charge in [0.2, 0.25) is 0 Å². The number of rotatable bonds is 3. The van der Waals surface area contributed by atoms with Crippen LogP contribution in [0.25, 0.3) is 0 Å². The fourth-order valence-electron chi connectivity index (χ4n) is 4.50. The topological polar surface area (TPSA) is 6.48 Å². The van der Waals surface area contributed by atoms with E-state index in [9.17, 15) is 13.2 Å². The molecule has 0 radical (unpaired) electrons. The maximum atomic E-state index is 12.9. The first kappa shape index (κ1) is 16.0. The number of benzene rings is 1. The number of anilines is 1. The Labute approximate surface area is 140 Å². The van der Waals surface area contributed by atoms with E-state index in [0.717, 1.165) is 56.5 Å². The van der Waals surface area contributed by atoms with Gasteiger partial charge >= 0.3 is 6.18 Å². The molecule has 0 spiro atoms. The van der Waals surface area contributed by atoms with Crippen LogP contribution in [-0.4, -0.2) is 37.6 Å². The van der Waals surface area contributed by atoms with E-state index in [1.807, 2.05) is 0 Å². The van der Waals surface area contributed by atoms with Crippen molar-refractivity contribution >= 4 is 5.69 Å². The highest BCUT2D eigenvalue weighted by atomic mass is 19.4. The molecule has 0 N–H and O–H groups in total. The van der Waals surface area contributed by atoms with Crippen molar-refractivity contribution in [1.29, 1.82) is 0 Å². The number of hydrogen-bond donors (Lipinski definition) is 0. The Morgan fingerprint density at radius 3 is 2.42 bits per heavy atom. The average Bonchev–Trinajstić information content (AvgIpc) is 3.18. The minimum atomic E-state index is -4.27. The number of fused-ring (bicyclic) bond motifs is 2. The van der Waals surface area contributed by atoms with Gasteiger partial charge in [0.15, 0.2) is 0 Å². The smallest absolute Gasteiger partial charge is 0.369 e. The van der Waals surface area contributed by atoms with Crippen LogP contribution in [0.2, 0.25) is 0 Å². The zero-order valence-electron chi connectivity index (χ0n) is 13.7. The number of halogens is 3. The third-order valence-electron chi connectivity index (χ3n) is 5.82. The second-order valence-electron chi connectivity index (χ2n) is 7.38. The highest BCUT2D eigenvalue weighted by Gasteiger charge is 2.37. The van der Waals surface area contributed by atoms with Gasteiger partial charge in [-0.05, 0) is 48.8 Å². The van der Waals surface area contributed by atoms with Crippen molar-refractivity contribution in [1.82, 2.24) is 4.90 Å². The Morgan fingerprint density at radius 1 is 1.00 bits per heavy atom. The van der Waals surface area contributed by atoms with E-state index in [4.69, 9.17) is 0 Å². The zero-order valence-corrected chi connectivity index (χ0v) is 13.7. The van der Waals surface area contributed by atoms with E-state index >= 15 is 0 Å². The van der Waals surface area contributed by atoms with E-state index in [-0.39, 0.29) is 0 Å². The maximum absolute atomic E-state index is 12.9. The molecule has 1 aromatic carbocycles. The molecule has 1 saturated carbocycles. The van der Waals surface area contributed by atoms with Gasteiger partial charge < -0.3 is 4.90 Å². The van der Waals surface area contributed by atoms with Crippen molar-refractivity contribution in [2.45, 2.75) is 19.0 Å². The highest BCUT2D eigenvalue weighted by molar-refractivity contribution is 5.49. The summed E-state index contributed by atoms with van der Waals surface area (Å²) in [7, 11) is 0. The van der Waals surface area contributed by atoms with Gasteiger partial charge in [0.05, 0.1) is 5.56 Å². The number of nitrogens with zero attached hydrogens (tertiary/aromatic N) is 2. The molecule has 0 unspecified atom stereocenters. The fraction of sp³-hybridized carbons (Fsp3) is 0.579. The van der Waals surface area contributed by atoms with Gasteiger partial charge in [-0.3, -0.25) is 4.90 Å². The normalized spacial score (nSPS) is 30.3. The van der Waals surface area contributed by atoms with Gasteiger partial charge in [-0.1, -0.05) is 18.2 Å². The molecule has 24 heavy (non-hydrogen) atoms. The summed E-state index contributed by atoms with van der Waals surface area (Å²) in [6, 6.07) is 5.70. The third kappa shape index (κ3) is 3.18. The van der Waals surface area contributed by atoms with Crippen LogP contribution in [0.15, 0.2) is 36.4 Å². The van der Waals surface area contributed by atoms with Gasteiger partial charge in [0.1, 0.15) is 0 Å². The summed E-state index contributed by atoms with van der Waals surface area (Å²) < 4.78 is 38.6. The molecule has 4 rings (SSSR count). The lowest BCUT2D eigenvalue weighted by molar-refractivity contribution is -0.137. The standard InChI is InChI=1S/C19H23F3N2/c20-19(21,22)17-2-1-3-18(12-17)24-8-6-23(7-9-24)13-16-11-14-4-5-15(16)10-14/h1-5,12,14-16H,6-11,13H2/t14-,15-,16+/m0/s1. The number of allylic oxidation sites excluding steroid dienone is 2. The van der Waals surface area contributed by atoms with Crippen molar-refractivity contribution < 1.29 is 13.2 Å². The maximum Gasteiger partial charge on any atom is 0.416 e. The minimum absolute atomic E-state index is 0.559. The fourth-order valence-corrected chi connectivity index (χ4v) is 4.50. The summed E-state index contributed by atoms with van der Waals surface area (Å²) in [5.41, 5.74) is 0.128. The Hall–Kier alpha value is -1.49. The molecule has 3 aliphatic rings. The number of piperazine rings is 1. The largest absolute Gasteiger partial charge is 0.416 e. The Kier molecular flexibility index (Phi) is 4.07. The monoisotopic (exact) mass is 336 g/mol. The average molecular weight is 336 g/mol. The molecular formula is C19H23F3N2. The summed E-state index contributed by atoms with van der Waals surface area (Å²) in [4.78, 5) is 4.57. The molecule has 0 amide bonds. The molecule has 1 aliphatic heterocycles. The van der Waals surface area contributed by atoms with Crippen LogP contribution in [0.1, 0.15) is 18.4 Å². The Morgan fingerprint density at radius 2 is 1.79 bits per heavy atom. The summed E-state index contributed by atoms with van der Waals surface area (Å²) in [6.45, 7) is 4.62. The highest BCUT2D eigenvalue weighted by Crippen LogP contribution is 2.43. The molecule has 130 valence electrons. The van der Waals surface area contributed by atoms with E-state index in [1.165, 1.54) is 25.0 Å². The van der Waals surface area contributed by atoms with E-state index in [0.29, 0.717) is 5.69 Å². The molecule has 1 saturated heterocycles. The van der Waals surface area contributed by atoms with Crippen LogP contribution in [0.4, 0.5) is 18.9 Å². The van der Waals surface area contributed by atoms with Gasteiger partial charge in [-0.15, -0.1) is 0 Å². The lowest BCUT2D eigenvalue weighted by Crippen LogP contribution is -2.48. The third-order valence-corrected chi connectivity index (χ3v) is 5.82. The Bertz CT molecular complexity index is 617. The van der Waals surface area contributed by atoms with E-state index in [2.05, 4.69) is 22.0 Å². The minimum Gasteiger partial charge on any atom is -0.369 e. The first-order valence-electron chi connectivity index (χ1n) is 8.82. The molecule has 1 heterocycles. The van der Waals surface area contributed by atoms with Crippen LogP contribution in [0.3, 0.4) is 0 Å². The van der Waals surface area contributed by atoms with Crippen molar-refractivity contribution in [2.24, 2.45) is 17.8 Å². The lowest BCUT2D eigenvalue weighted by atomic mass is 9.93. The molecule has 2 aliphatic carbocycles. The zero-order chi connectivity index (χ0) is 16.7. The number of alkyl halides is 3. The van der Waals surface area contributed by atoms with Crippen molar-refractivity contribution in [3.8, 4) is 0 Å². The summed E-state index contributed by atoms with van der Waals surface area (Å²) >= 11 is 0. The predicted octanol–water partition coefficient (Wildman–Crippen LogP) is 4.04. The quantitative estimate of drug-likeness (QED) is 0.769. The molecular weight excluding hydrogens is 313 g/mol. The van der Waals surface area contributed by atoms with Gasteiger partial charge in [0, 0.05) is 38.4 Å². The second kappa shape index (κ2) is 6.10. The first-order chi connectivity index (χ1) is 11.5. The molecule has 1 aromatic rings. The van der Waals surface area contributed by atoms with Crippen molar-refractivity contribution in [3.63, 3.8) is 0 Å². The summed E-state index contributed by atoms with van der Waals surface area (Å²) in [6.07, 6.45) is 3.13. The van der Waals surface area contributed by atoms with E-state index < -0.39 is 11.7 Å². The molecule has 2 nitrogen and oxygen atoms in total. The molecule has 0 aromatic heterocycles. The number of hydrogen-bond acceptors (Lipinski definition) is 2. The first-order valence-corrected chi connectivity index (χ1v) is 8.82. The van der Waals surface area contributed by atoms with Crippen LogP contribution < -0.4 is 4.90 Å². The second-order valence-corrected chi connectivity index (χ2v) is 7.38. The van der Waals surface area contributed by atoms with Crippen LogP contribution >= 0.6 is 0 Å². The SMILES string of the molecule is FC(F)(F)c1cccc(N2CCN(C[C@H]3C[C@H]4C=C[C@H]3C4)CC2)c1. The summed E-state index contributed by atoms with van der Waals surface area (Å²) in [5, 5.41) is 0. The molecule has 2 fully saturated rings. The van der Waals surface area contributed by atoms with Gasteiger partial charge in [-0.2, -0.15) is 13.2 Å². The van der Waals surface area contributed by atoms with Crippen LogP contribution in [0, 0.1) is 17.8 Å². The molecule has 2 bridgehead atoms. The summed E-state index contributed by atoms with van der Waals surface area (Å²) in [5.74, 6) is 2.34. The van der Waals surface area contributed by atoms with E-state index in [1.54, 1.807) is 6.07 Å². The van der Waals surface area contributed by atoms with Crippen LogP contribution in [-0.2, 0) is 6.18 Å². The van der Waals surface area contributed by atoms with Crippen molar-refractivity contribution in [3.05, 3.63) is 42.0 Å². The molecule has 5 heteroatoms. The van der Waals surface area contributed by atoms with Gasteiger partial charge in [-0.25, -0.2) is 0 Å². The van der Waals surface area contributed by atoms with Crippen LogP contribution in [0.5, 0.6) is 0 Å². The lowest BCUT2D eigenvalue weighted by Gasteiger charge is -2.38. The molecule has 3 atom stereocenters. The Balaban J connectivity index is 1.34. The van der Waals surface area contributed by atoms with Crippen molar-refractivity contribution in [2.75, 3.05) is 37.6 Å². The van der Waals surface area contributed by atoms with Gasteiger partial charge in [0.25, 0.3) is 0 Å². The predicted molar refractivity (Wildman–Crippen MR) is 88.9 cm³/mol.